The SMILES string of the molecule is C=CC(=O)C(C=O)C(=O)C=C. The van der Waals surface area contributed by atoms with E-state index in [0.29, 0.717) is 0 Å². The average molecular weight is 152 g/mol. The van der Waals surface area contributed by atoms with Gasteiger partial charge in [0.25, 0.3) is 0 Å². The lowest BCUT2D eigenvalue weighted by Gasteiger charge is -1.98. The molecule has 0 saturated carbocycles. The summed E-state index contributed by atoms with van der Waals surface area (Å²) in [6.45, 7) is 6.30. The number of hydrogen-bond acceptors (Lipinski definition) is 3. The zero-order valence-electron chi connectivity index (χ0n) is 5.95. The van der Waals surface area contributed by atoms with E-state index in [9.17, 15) is 14.4 Å². The highest BCUT2D eigenvalue weighted by Crippen LogP contribution is 1.97. The first-order valence-corrected chi connectivity index (χ1v) is 2.95. The second kappa shape index (κ2) is 4.33. The Labute approximate surface area is 64.4 Å². The van der Waals surface area contributed by atoms with Gasteiger partial charge in [-0.2, -0.15) is 0 Å². The third kappa shape index (κ3) is 2.29. The second-order valence-electron chi connectivity index (χ2n) is 1.83. The van der Waals surface area contributed by atoms with Crippen LogP contribution in [0.3, 0.4) is 0 Å². The normalized spacial score (nSPS) is 8.82. The molecule has 0 aromatic carbocycles. The van der Waals surface area contributed by atoms with Crippen molar-refractivity contribution < 1.29 is 14.4 Å². The molecule has 0 heterocycles. The van der Waals surface area contributed by atoms with Crippen LogP contribution in [0.4, 0.5) is 0 Å². The van der Waals surface area contributed by atoms with Gasteiger partial charge in [0.2, 0.25) is 0 Å². The molecular formula is C8H8O3. The van der Waals surface area contributed by atoms with Crippen LogP contribution >= 0.6 is 0 Å². The van der Waals surface area contributed by atoms with Crippen LogP contribution in [0, 0.1) is 5.92 Å². The topological polar surface area (TPSA) is 51.2 Å². The molecule has 0 atom stereocenters. The summed E-state index contributed by atoms with van der Waals surface area (Å²) in [6, 6.07) is 0. The Balaban J connectivity index is 4.51. The number of allylic oxidation sites excluding steroid dienone is 2. The number of carbonyl (C=O) groups excluding carboxylic acids is 3. The lowest BCUT2D eigenvalue weighted by atomic mass is 10.0. The summed E-state index contributed by atoms with van der Waals surface area (Å²) in [5.41, 5.74) is 0. The summed E-state index contributed by atoms with van der Waals surface area (Å²) in [5, 5.41) is 0. The maximum absolute atomic E-state index is 10.7. The molecule has 0 saturated heterocycles. The van der Waals surface area contributed by atoms with Gasteiger partial charge in [-0.1, -0.05) is 13.2 Å². The van der Waals surface area contributed by atoms with Gasteiger partial charge in [0.05, 0.1) is 0 Å². The van der Waals surface area contributed by atoms with Gasteiger partial charge in [0.15, 0.2) is 11.6 Å². The van der Waals surface area contributed by atoms with E-state index in [1.165, 1.54) is 0 Å². The maximum Gasteiger partial charge on any atom is 0.173 e. The van der Waals surface area contributed by atoms with Crippen LogP contribution in [0.5, 0.6) is 0 Å². The van der Waals surface area contributed by atoms with Crippen molar-refractivity contribution in [1.82, 2.24) is 0 Å². The van der Waals surface area contributed by atoms with Crippen molar-refractivity contribution in [3.8, 4) is 0 Å². The molecule has 58 valence electrons. The molecule has 3 nitrogen and oxygen atoms in total. The Kier molecular flexibility index (Phi) is 3.73. The van der Waals surface area contributed by atoms with Gasteiger partial charge < -0.3 is 4.79 Å². The third-order valence-corrected chi connectivity index (χ3v) is 1.15. The fourth-order valence-corrected chi connectivity index (χ4v) is 0.528. The lowest BCUT2D eigenvalue weighted by Crippen LogP contribution is -2.21. The summed E-state index contributed by atoms with van der Waals surface area (Å²) in [4.78, 5) is 31.6. The van der Waals surface area contributed by atoms with Gasteiger partial charge in [-0.3, -0.25) is 9.59 Å². The molecule has 0 bridgehead atoms. The Hall–Kier alpha value is -1.51. The quantitative estimate of drug-likeness (QED) is 0.323. The Morgan fingerprint density at radius 1 is 1.09 bits per heavy atom. The monoisotopic (exact) mass is 152 g/mol. The number of ketones is 2. The fraction of sp³-hybridized carbons (Fsp3) is 0.125. The average Bonchev–Trinajstić information content (AvgIpc) is 2.05. The first kappa shape index (κ1) is 9.49. The fourth-order valence-electron chi connectivity index (χ4n) is 0.528. The van der Waals surface area contributed by atoms with Crippen LogP contribution in [0.2, 0.25) is 0 Å². The van der Waals surface area contributed by atoms with Crippen molar-refractivity contribution in [3.63, 3.8) is 0 Å². The number of rotatable bonds is 5. The summed E-state index contributed by atoms with van der Waals surface area (Å²) in [5.74, 6) is -2.43. The van der Waals surface area contributed by atoms with E-state index in [-0.39, 0.29) is 6.29 Å². The molecule has 11 heavy (non-hydrogen) atoms. The van der Waals surface area contributed by atoms with Crippen molar-refractivity contribution in [3.05, 3.63) is 25.3 Å². The van der Waals surface area contributed by atoms with Crippen LogP contribution < -0.4 is 0 Å². The zero-order chi connectivity index (χ0) is 8.85. The molecule has 0 fully saturated rings. The molecule has 0 aliphatic carbocycles. The van der Waals surface area contributed by atoms with Gasteiger partial charge in [0, 0.05) is 0 Å². The molecular weight excluding hydrogens is 144 g/mol. The first-order valence-electron chi connectivity index (χ1n) is 2.95. The van der Waals surface area contributed by atoms with E-state index in [4.69, 9.17) is 0 Å². The Morgan fingerprint density at radius 3 is 1.64 bits per heavy atom. The Morgan fingerprint density at radius 2 is 1.45 bits per heavy atom. The molecule has 0 spiro atoms. The summed E-state index contributed by atoms with van der Waals surface area (Å²) in [6.07, 6.45) is 2.18. The van der Waals surface area contributed by atoms with Gasteiger partial charge >= 0.3 is 0 Å². The van der Waals surface area contributed by atoms with Crippen molar-refractivity contribution in [2.24, 2.45) is 5.92 Å². The van der Waals surface area contributed by atoms with Gasteiger partial charge in [0.1, 0.15) is 12.2 Å². The lowest BCUT2D eigenvalue weighted by molar-refractivity contribution is -0.131. The maximum atomic E-state index is 10.7. The van der Waals surface area contributed by atoms with Crippen LogP contribution in [0.25, 0.3) is 0 Å². The standard InChI is InChI=1S/C8H8O3/c1-3-7(10)6(5-9)8(11)4-2/h3-6H,1-2H2. The summed E-state index contributed by atoms with van der Waals surface area (Å²) >= 11 is 0. The van der Waals surface area contributed by atoms with E-state index in [0.717, 1.165) is 12.2 Å². The highest BCUT2D eigenvalue weighted by atomic mass is 16.2. The van der Waals surface area contributed by atoms with Crippen LogP contribution in [-0.4, -0.2) is 17.9 Å². The largest absolute Gasteiger partial charge is 0.302 e. The van der Waals surface area contributed by atoms with E-state index in [1.807, 2.05) is 0 Å². The summed E-state index contributed by atoms with van der Waals surface area (Å²) in [7, 11) is 0. The molecule has 0 aliphatic heterocycles. The smallest absolute Gasteiger partial charge is 0.173 e. The molecule has 0 aromatic rings. The van der Waals surface area contributed by atoms with Crippen LogP contribution in [0.15, 0.2) is 25.3 Å². The first-order chi connectivity index (χ1) is 5.17. The molecule has 0 amide bonds. The highest BCUT2D eigenvalue weighted by Gasteiger charge is 2.20. The van der Waals surface area contributed by atoms with Crippen molar-refractivity contribution in [2.75, 3.05) is 0 Å². The number of carbonyl (C=O) groups is 3. The number of hydrogen-bond donors (Lipinski definition) is 0. The zero-order valence-corrected chi connectivity index (χ0v) is 5.95. The van der Waals surface area contributed by atoms with E-state index < -0.39 is 17.5 Å². The Bertz CT molecular complexity index is 195. The van der Waals surface area contributed by atoms with Crippen molar-refractivity contribution in [2.45, 2.75) is 0 Å². The molecule has 0 rings (SSSR count). The van der Waals surface area contributed by atoms with E-state index in [1.54, 1.807) is 0 Å². The third-order valence-electron chi connectivity index (χ3n) is 1.15. The van der Waals surface area contributed by atoms with Gasteiger partial charge in [-0.25, -0.2) is 0 Å². The van der Waals surface area contributed by atoms with Gasteiger partial charge in [-0.05, 0) is 12.2 Å². The predicted molar refractivity (Wildman–Crippen MR) is 40.0 cm³/mol. The number of aldehydes is 1. The molecule has 0 radical (unpaired) electrons. The molecule has 0 unspecified atom stereocenters. The minimum Gasteiger partial charge on any atom is -0.302 e. The van der Waals surface area contributed by atoms with Gasteiger partial charge in [-0.15, -0.1) is 0 Å². The molecule has 0 N–H and O–H groups in total. The highest BCUT2D eigenvalue weighted by molar-refractivity contribution is 6.19. The van der Waals surface area contributed by atoms with E-state index in [2.05, 4.69) is 13.2 Å². The minimum absolute atomic E-state index is 0.286. The molecule has 0 aliphatic rings. The van der Waals surface area contributed by atoms with Crippen molar-refractivity contribution in [1.29, 1.82) is 0 Å². The predicted octanol–water partition coefficient (Wildman–Crippen LogP) is 0.312. The molecule has 3 heteroatoms. The van der Waals surface area contributed by atoms with E-state index >= 15 is 0 Å². The van der Waals surface area contributed by atoms with Crippen LogP contribution in [0.1, 0.15) is 0 Å². The second-order valence-corrected chi connectivity index (χ2v) is 1.83. The van der Waals surface area contributed by atoms with Crippen molar-refractivity contribution >= 4 is 17.9 Å². The summed E-state index contributed by atoms with van der Waals surface area (Å²) < 4.78 is 0. The minimum atomic E-state index is -1.25. The molecule has 0 aromatic heterocycles. The van der Waals surface area contributed by atoms with Crippen LogP contribution in [-0.2, 0) is 14.4 Å².